The molecule has 1 amide bonds. The number of hydrogen-bond acceptors (Lipinski definition) is 4. The topological polar surface area (TPSA) is 100 Å². The van der Waals surface area contributed by atoms with Crippen molar-refractivity contribution in [3.05, 3.63) is 46.5 Å². The molecule has 2 heterocycles. The number of sulfonamides is 1. The molecule has 2 atom stereocenters. The highest BCUT2D eigenvalue weighted by molar-refractivity contribution is 7.89. The van der Waals surface area contributed by atoms with E-state index >= 15 is 0 Å². The number of carbonyl (C=O) groups excluding carboxylic acids is 1. The van der Waals surface area contributed by atoms with Gasteiger partial charge in [-0.3, -0.25) is 4.79 Å². The molecule has 1 aliphatic heterocycles. The molecule has 0 aliphatic carbocycles. The van der Waals surface area contributed by atoms with Crippen LogP contribution in [0, 0.1) is 5.82 Å². The summed E-state index contributed by atoms with van der Waals surface area (Å²) in [4.78, 5) is 12.8. The molecule has 0 saturated heterocycles. The van der Waals surface area contributed by atoms with E-state index in [0.717, 1.165) is 6.07 Å². The minimum Gasteiger partial charge on any atom is -0.392 e. The summed E-state index contributed by atoms with van der Waals surface area (Å²) in [6, 6.07) is 3.13. The highest BCUT2D eigenvalue weighted by Gasteiger charge is 2.34. The number of aryl methyl sites for hydroxylation is 1. The summed E-state index contributed by atoms with van der Waals surface area (Å²) in [5.74, 6) is -1.14. The van der Waals surface area contributed by atoms with Crippen molar-refractivity contribution in [2.75, 3.05) is 5.32 Å². The van der Waals surface area contributed by atoms with Gasteiger partial charge in [0.25, 0.3) is 5.91 Å². The van der Waals surface area contributed by atoms with Crippen LogP contribution in [0.4, 0.5) is 10.1 Å². The Labute approximate surface area is 161 Å². The highest BCUT2D eigenvalue weighted by Crippen LogP contribution is 2.29. The van der Waals surface area contributed by atoms with Gasteiger partial charge in [0.2, 0.25) is 10.0 Å². The van der Waals surface area contributed by atoms with Crippen LogP contribution in [0.3, 0.4) is 0 Å². The molecule has 1 aliphatic rings. The molecular weight excluding hydrogens is 397 g/mol. The van der Waals surface area contributed by atoms with E-state index in [9.17, 15) is 22.7 Å². The number of fused-ring (bicyclic) bond motifs is 1. The van der Waals surface area contributed by atoms with Crippen LogP contribution in [-0.4, -0.2) is 36.1 Å². The van der Waals surface area contributed by atoms with Crippen LogP contribution in [0.1, 0.15) is 29.4 Å². The summed E-state index contributed by atoms with van der Waals surface area (Å²) in [6.45, 7) is 1.51. The van der Waals surface area contributed by atoms with Crippen LogP contribution in [0.5, 0.6) is 0 Å². The fourth-order valence-corrected chi connectivity index (χ4v) is 4.98. The predicted molar refractivity (Wildman–Crippen MR) is 98.9 cm³/mol. The molecule has 0 radical (unpaired) electrons. The lowest BCUT2D eigenvalue weighted by Crippen LogP contribution is -2.40. The third-order valence-corrected chi connectivity index (χ3v) is 6.36. The lowest BCUT2D eigenvalue weighted by molar-refractivity contribution is 0.101. The SMILES string of the molecule is C[C@H](O)[C@H]1CCc2c(cn(C)c2C(=O)Nc2ccc(F)c(Cl)c2)S(=O)(=O)N1. The first-order valence-electron chi connectivity index (χ1n) is 8.25. The average molecular weight is 416 g/mol. The molecule has 0 unspecified atom stereocenters. The van der Waals surface area contributed by atoms with E-state index in [2.05, 4.69) is 10.0 Å². The molecule has 146 valence electrons. The Morgan fingerprint density at radius 3 is 2.81 bits per heavy atom. The smallest absolute Gasteiger partial charge is 0.272 e. The number of nitrogens with one attached hydrogen (secondary N) is 2. The van der Waals surface area contributed by atoms with Gasteiger partial charge in [0, 0.05) is 30.5 Å². The maximum atomic E-state index is 13.3. The summed E-state index contributed by atoms with van der Waals surface area (Å²) >= 11 is 5.73. The van der Waals surface area contributed by atoms with Gasteiger partial charge in [-0.25, -0.2) is 17.5 Å². The summed E-state index contributed by atoms with van der Waals surface area (Å²) in [5.41, 5.74) is 0.846. The summed E-state index contributed by atoms with van der Waals surface area (Å²) < 4.78 is 42.4. The fraction of sp³-hybridized carbons (Fsp3) is 0.353. The molecule has 3 rings (SSSR count). The number of aliphatic hydroxyl groups excluding tert-OH is 1. The van der Waals surface area contributed by atoms with Crippen molar-refractivity contribution in [2.45, 2.75) is 36.8 Å². The van der Waals surface area contributed by atoms with E-state index in [1.165, 1.54) is 29.8 Å². The van der Waals surface area contributed by atoms with Gasteiger partial charge in [-0.15, -0.1) is 0 Å². The Hall–Kier alpha value is -1.94. The zero-order chi connectivity index (χ0) is 19.9. The summed E-state index contributed by atoms with van der Waals surface area (Å²) in [5, 5.41) is 12.2. The van der Waals surface area contributed by atoms with Gasteiger partial charge >= 0.3 is 0 Å². The molecule has 10 heteroatoms. The van der Waals surface area contributed by atoms with Crippen LogP contribution < -0.4 is 10.0 Å². The van der Waals surface area contributed by atoms with Crippen molar-refractivity contribution < 1.29 is 22.7 Å². The number of hydrogen-bond donors (Lipinski definition) is 3. The van der Waals surface area contributed by atoms with Crippen molar-refractivity contribution >= 4 is 33.2 Å². The quantitative estimate of drug-likeness (QED) is 0.714. The number of aromatic nitrogens is 1. The van der Waals surface area contributed by atoms with Gasteiger partial charge in [0.05, 0.1) is 11.1 Å². The van der Waals surface area contributed by atoms with Crippen LogP contribution >= 0.6 is 11.6 Å². The van der Waals surface area contributed by atoms with Crippen LogP contribution in [0.25, 0.3) is 0 Å². The van der Waals surface area contributed by atoms with E-state index in [0.29, 0.717) is 18.4 Å². The molecule has 0 spiro atoms. The Morgan fingerprint density at radius 1 is 1.48 bits per heavy atom. The number of carbonyl (C=O) groups is 1. The van der Waals surface area contributed by atoms with Crippen molar-refractivity contribution in [1.29, 1.82) is 0 Å². The number of aliphatic hydroxyl groups is 1. The monoisotopic (exact) mass is 415 g/mol. The standard InChI is InChI=1S/C17H19ClFN3O4S/c1-9(23)14-6-4-11-15(27(25,26)21-14)8-22(2)16(11)17(24)20-10-3-5-13(19)12(18)7-10/h3,5,7-9,14,21,23H,4,6H2,1-2H3,(H,20,24)/t9-,14+/m0/s1. The number of benzene rings is 1. The molecule has 2 aromatic rings. The summed E-state index contributed by atoms with van der Waals surface area (Å²) in [7, 11) is -2.30. The molecule has 27 heavy (non-hydrogen) atoms. The van der Waals surface area contributed by atoms with E-state index in [1.54, 1.807) is 7.05 Å². The second kappa shape index (κ2) is 7.23. The molecule has 0 saturated carbocycles. The first-order valence-corrected chi connectivity index (χ1v) is 10.1. The van der Waals surface area contributed by atoms with Crippen molar-refractivity contribution in [3.63, 3.8) is 0 Å². The van der Waals surface area contributed by atoms with Crippen LogP contribution in [-0.2, 0) is 23.5 Å². The fourth-order valence-electron chi connectivity index (χ4n) is 3.14. The average Bonchev–Trinajstić information content (AvgIpc) is 2.85. The molecule has 3 N–H and O–H groups in total. The van der Waals surface area contributed by atoms with Gasteiger partial charge in [-0.1, -0.05) is 11.6 Å². The van der Waals surface area contributed by atoms with Crippen LogP contribution in [0.2, 0.25) is 5.02 Å². The maximum absolute atomic E-state index is 13.3. The lowest BCUT2D eigenvalue weighted by Gasteiger charge is -2.18. The van der Waals surface area contributed by atoms with Gasteiger partial charge in [-0.05, 0) is 38.0 Å². The molecule has 0 fully saturated rings. The van der Waals surface area contributed by atoms with Gasteiger partial charge in [0.15, 0.2) is 0 Å². The van der Waals surface area contributed by atoms with Gasteiger partial charge in [0.1, 0.15) is 16.4 Å². The Kier molecular flexibility index (Phi) is 5.31. The molecule has 1 aromatic carbocycles. The number of anilines is 1. The zero-order valence-corrected chi connectivity index (χ0v) is 16.2. The largest absolute Gasteiger partial charge is 0.392 e. The van der Waals surface area contributed by atoms with Gasteiger partial charge in [-0.2, -0.15) is 0 Å². The lowest BCUT2D eigenvalue weighted by atomic mass is 10.0. The first-order chi connectivity index (χ1) is 12.6. The third kappa shape index (κ3) is 3.86. The molecule has 1 aromatic heterocycles. The Bertz CT molecular complexity index is 1000. The van der Waals surface area contributed by atoms with E-state index in [4.69, 9.17) is 11.6 Å². The number of halogens is 2. The summed E-state index contributed by atoms with van der Waals surface area (Å²) in [6.07, 6.45) is 1.15. The normalized spacial score (nSPS) is 19.8. The van der Waals surface area contributed by atoms with E-state index in [-0.39, 0.29) is 21.3 Å². The van der Waals surface area contributed by atoms with E-state index in [1.807, 2.05) is 0 Å². The number of amides is 1. The molecule has 7 nitrogen and oxygen atoms in total. The minimum absolute atomic E-state index is 0.00967. The second-order valence-corrected chi connectivity index (χ2v) is 8.61. The van der Waals surface area contributed by atoms with Crippen molar-refractivity contribution in [2.24, 2.45) is 7.05 Å². The maximum Gasteiger partial charge on any atom is 0.272 e. The highest BCUT2D eigenvalue weighted by atomic mass is 35.5. The molecule has 0 bridgehead atoms. The van der Waals surface area contributed by atoms with Gasteiger partial charge < -0.3 is 15.0 Å². The second-order valence-electron chi connectivity index (χ2n) is 6.52. The van der Waals surface area contributed by atoms with Crippen LogP contribution in [0.15, 0.2) is 29.3 Å². The first kappa shape index (κ1) is 19.8. The Morgan fingerprint density at radius 2 is 2.19 bits per heavy atom. The Balaban J connectivity index is 1.97. The van der Waals surface area contributed by atoms with Crippen molar-refractivity contribution in [1.82, 2.24) is 9.29 Å². The minimum atomic E-state index is -3.87. The number of nitrogens with zero attached hydrogens (tertiary/aromatic N) is 1. The van der Waals surface area contributed by atoms with Crippen molar-refractivity contribution in [3.8, 4) is 0 Å². The molecular formula is C17H19ClFN3O4S. The number of rotatable bonds is 3. The third-order valence-electron chi connectivity index (χ3n) is 4.52. The zero-order valence-electron chi connectivity index (χ0n) is 14.7. The predicted octanol–water partition coefficient (Wildman–Crippen LogP) is 2.04. The van der Waals surface area contributed by atoms with E-state index < -0.39 is 33.9 Å².